The topological polar surface area (TPSA) is 101 Å². The van der Waals surface area contributed by atoms with Crippen LogP contribution in [0.1, 0.15) is 17.0 Å². The minimum Gasteiger partial charge on any atom is -0.493 e. The van der Waals surface area contributed by atoms with Gasteiger partial charge in [0.2, 0.25) is 11.2 Å². The van der Waals surface area contributed by atoms with Crippen LogP contribution in [0.25, 0.3) is 6.08 Å². The van der Waals surface area contributed by atoms with Gasteiger partial charge in [-0.15, -0.1) is 0 Å². The Bertz CT molecular complexity index is 1160. The van der Waals surface area contributed by atoms with Crippen molar-refractivity contribution in [1.29, 1.82) is 0 Å². The first-order chi connectivity index (χ1) is 15.0. The van der Waals surface area contributed by atoms with E-state index in [9.17, 15) is 9.59 Å². The smallest absolute Gasteiger partial charge is 0.336 e. The molecular formula is C22H20N2O6S. The van der Waals surface area contributed by atoms with E-state index in [0.29, 0.717) is 33.7 Å². The molecule has 0 saturated heterocycles. The second kappa shape index (κ2) is 10.4. The lowest BCUT2D eigenvalue weighted by molar-refractivity contribution is -0.129. The molecule has 0 N–H and O–H groups in total. The first-order valence-corrected chi connectivity index (χ1v) is 10.1. The van der Waals surface area contributed by atoms with Crippen molar-refractivity contribution < 1.29 is 23.4 Å². The molecule has 0 unspecified atom stereocenters. The predicted octanol–water partition coefficient (Wildman–Crippen LogP) is 3.67. The molecule has 3 rings (SSSR count). The zero-order valence-corrected chi connectivity index (χ0v) is 18.0. The highest BCUT2D eigenvalue weighted by atomic mass is 32.2. The summed E-state index contributed by atoms with van der Waals surface area (Å²) < 4.78 is 20.9. The van der Waals surface area contributed by atoms with Crippen molar-refractivity contribution in [1.82, 2.24) is 9.97 Å². The SMILES string of the molecule is COc1ccc(/C=C/C(=O)Oc2coc(CSc3nccc(C)n3)cc2=O)cc1OC. The van der Waals surface area contributed by atoms with E-state index in [2.05, 4.69) is 9.97 Å². The Hall–Kier alpha value is -3.59. The zero-order chi connectivity index (χ0) is 22.2. The van der Waals surface area contributed by atoms with E-state index < -0.39 is 11.4 Å². The number of rotatable bonds is 8. The highest BCUT2D eigenvalue weighted by Crippen LogP contribution is 2.28. The monoisotopic (exact) mass is 440 g/mol. The Morgan fingerprint density at radius 1 is 1.13 bits per heavy atom. The molecule has 0 bridgehead atoms. The summed E-state index contributed by atoms with van der Waals surface area (Å²) in [5, 5.41) is 0.582. The Kier molecular flexibility index (Phi) is 7.45. The van der Waals surface area contributed by atoms with Gasteiger partial charge < -0.3 is 18.6 Å². The molecule has 0 amide bonds. The third-order valence-corrected chi connectivity index (χ3v) is 4.88. The predicted molar refractivity (Wildman–Crippen MR) is 116 cm³/mol. The molecule has 3 aromatic rings. The van der Waals surface area contributed by atoms with Gasteiger partial charge in [-0.3, -0.25) is 4.79 Å². The van der Waals surface area contributed by atoms with Gasteiger partial charge in [-0.2, -0.15) is 0 Å². The van der Waals surface area contributed by atoms with Crippen LogP contribution in [0.5, 0.6) is 17.2 Å². The van der Waals surface area contributed by atoms with E-state index in [1.54, 1.807) is 36.5 Å². The van der Waals surface area contributed by atoms with Gasteiger partial charge in [-0.25, -0.2) is 14.8 Å². The Morgan fingerprint density at radius 2 is 1.94 bits per heavy atom. The van der Waals surface area contributed by atoms with Crippen molar-refractivity contribution in [3.63, 3.8) is 0 Å². The van der Waals surface area contributed by atoms with E-state index >= 15 is 0 Å². The van der Waals surface area contributed by atoms with Crippen LogP contribution in [0, 0.1) is 6.92 Å². The number of thioether (sulfide) groups is 1. The maximum atomic E-state index is 12.2. The summed E-state index contributed by atoms with van der Waals surface area (Å²) in [5.74, 6) is 0.988. The first kappa shape index (κ1) is 22.1. The minimum atomic E-state index is -0.711. The molecule has 9 heteroatoms. The summed E-state index contributed by atoms with van der Waals surface area (Å²) in [6.07, 6.45) is 5.54. The average molecular weight is 440 g/mol. The molecule has 160 valence electrons. The summed E-state index contributed by atoms with van der Waals surface area (Å²) in [7, 11) is 3.06. The molecule has 0 aliphatic rings. The second-order valence-electron chi connectivity index (χ2n) is 6.21. The number of hydrogen-bond donors (Lipinski definition) is 0. The molecule has 2 aromatic heterocycles. The number of nitrogens with zero attached hydrogens (tertiary/aromatic N) is 2. The fourth-order valence-corrected chi connectivity index (χ4v) is 3.25. The number of hydrogen-bond acceptors (Lipinski definition) is 9. The number of carbonyl (C=O) groups excluding carboxylic acids is 1. The van der Waals surface area contributed by atoms with Crippen molar-refractivity contribution in [2.75, 3.05) is 14.2 Å². The van der Waals surface area contributed by atoms with Gasteiger partial charge in [0.15, 0.2) is 16.7 Å². The molecule has 0 aliphatic carbocycles. The molecule has 31 heavy (non-hydrogen) atoms. The maximum absolute atomic E-state index is 12.2. The van der Waals surface area contributed by atoms with Gasteiger partial charge in [0.25, 0.3) is 0 Å². The minimum absolute atomic E-state index is 0.192. The Balaban J connectivity index is 1.61. The lowest BCUT2D eigenvalue weighted by Gasteiger charge is -2.07. The average Bonchev–Trinajstić information content (AvgIpc) is 2.77. The van der Waals surface area contributed by atoms with Crippen molar-refractivity contribution >= 4 is 23.8 Å². The lowest BCUT2D eigenvalue weighted by atomic mass is 10.2. The van der Waals surface area contributed by atoms with Crippen molar-refractivity contribution in [2.24, 2.45) is 0 Å². The first-order valence-electron chi connectivity index (χ1n) is 9.14. The summed E-state index contributed by atoms with van der Waals surface area (Å²) in [5.41, 5.74) is 1.09. The summed E-state index contributed by atoms with van der Waals surface area (Å²) in [6.45, 7) is 1.87. The summed E-state index contributed by atoms with van der Waals surface area (Å²) in [4.78, 5) is 32.7. The quantitative estimate of drug-likeness (QED) is 0.225. The highest BCUT2D eigenvalue weighted by Gasteiger charge is 2.10. The van der Waals surface area contributed by atoms with Crippen molar-refractivity contribution in [2.45, 2.75) is 17.8 Å². The molecule has 0 aliphatic heterocycles. The van der Waals surface area contributed by atoms with Crippen LogP contribution in [0.15, 0.2) is 63.2 Å². The molecule has 2 heterocycles. The molecule has 0 radical (unpaired) electrons. The van der Waals surface area contributed by atoms with E-state index in [-0.39, 0.29) is 5.75 Å². The van der Waals surface area contributed by atoms with Crippen LogP contribution in [-0.2, 0) is 10.5 Å². The van der Waals surface area contributed by atoms with E-state index in [4.69, 9.17) is 18.6 Å². The van der Waals surface area contributed by atoms with Gasteiger partial charge in [0.1, 0.15) is 12.0 Å². The number of carbonyl (C=O) groups is 1. The van der Waals surface area contributed by atoms with Gasteiger partial charge in [-0.1, -0.05) is 17.8 Å². The fraction of sp³-hybridized carbons (Fsp3) is 0.182. The Morgan fingerprint density at radius 3 is 2.65 bits per heavy atom. The maximum Gasteiger partial charge on any atom is 0.336 e. The highest BCUT2D eigenvalue weighted by molar-refractivity contribution is 7.98. The van der Waals surface area contributed by atoms with Crippen LogP contribution < -0.4 is 19.6 Å². The summed E-state index contributed by atoms with van der Waals surface area (Å²) >= 11 is 1.33. The number of aryl methyl sites for hydroxylation is 1. The van der Waals surface area contributed by atoms with Crippen LogP contribution in [0.2, 0.25) is 0 Å². The number of aromatic nitrogens is 2. The molecule has 0 saturated carbocycles. The standard InChI is InChI=1S/C22H20N2O6S/c1-14-8-9-23-22(24-14)31-13-16-11-17(25)20(12-29-16)30-21(26)7-5-15-4-6-18(27-2)19(10-15)28-3/h4-12H,13H2,1-3H3/b7-5+. The molecule has 0 fully saturated rings. The molecular weight excluding hydrogens is 420 g/mol. The number of methoxy groups -OCH3 is 2. The van der Waals surface area contributed by atoms with E-state index in [1.807, 2.05) is 6.92 Å². The third-order valence-electron chi connectivity index (χ3n) is 4.00. The van der Waals surface area contributed by atoms with E-state index in [1.165, 1.54) is 38.1 Å². The number of esters is 1. The summed E-state index contributed by atoms with van der Waals surface area (Å²) in [6, 6.07) is 8.26. The second-order valence-corrected chi connectivity index (χ2v) is 7.16. The number of benzene rings is 1. The third kappa shape index (κ3) is 6.19. The lowest BCUT2D eigenvalue weighted by Crippen LogP contribution is -2.12. The normalized spacial score (nSPS) is 10.8. The largest absolute Gasteiger partial charge is 0.493 e. The van der Waals surface area contributed by atoms with Gasteiger partial charge >= 0.3 is 5.97 Å². The molecule has 8 nitrogen and oxygen atoms in total. The molecule has 0 atom stereocenters. The van der Waals surface area contributed by atoms with E-state index in [0.717, 1.165) is 12.0 Å². The zero-order valence-electron chi connectivity index (χ0n) is 17.2. The van der Waals surface area contributed by atoms with Crippen molar-refractivity contribution in [3.05, 3.63) is 76.1 Å². The van der Waals surface area contributed by atoms with Crippen LogP contribution >= 0.6 is 11.8 Å². The van der Waals surface area contributed by atoms with Crippen LogP contribution in [0.3, 0.4) is 0 Å². The number of ether oxygens (including phenoxy) is 3. The van der Waals surface area contributed by atoms with Crippen LogP contribution in [0.4, 0.5) is 0 Å². The molecule has 0 spiro atoms. The van der Waals surface area contributed by atoms with Crippen LogP contribution in [-0.4, -0.2) is 30.2 Å². The molecule has 1 aromatic carbocycles. The van der Waals surface area contributed by atoms with Gasteiger partial charge in [0, 0.05) is 24.0 Å². The van der Waals surface area contributed by atoms with Gasteiger partial charge in [-0.05, 0) is 36.8 Å². The van der Waals surface area contributed by atoms with Crippen molar-refractivity contribution in [3.8, 4) is 17.2 Å². The Labute approximate surface area is 182 Å². The van der Waals surface area contributed by atoms with Gasteiger partial charge in [0.05, 0.1) is 20.0 Å². The fourth-order valence-electron chi connectivity index (χ4n) is 2.48.